The minimum absolute atomic E-state index is 0.254. The van der Waals surface area contributed by atoms with Crippen LogP contribution >= 0.6 is 0 Å². The first-order valence-corrected chi connectivity index (χ1v) is 6.28. The quantitative estimate of drug-likeness (QED) is 0.655. The number of ketones is 1. The average Bonchev–Trinajstić information content (AvgIpc) is 2.24. The van der Waals surface area contributed by atoms with Crippen molar-refractivity contribution < 1.29 is 4.79 Å². The summed E-state index contributed by atoms with van der Waals surface area (Å²) in [6, 6.07) is 2.06. The minimum atomic E-state index is -0.258. The van der Waals surface area contributed by atoms with Crippen molar-refractivity contribution in [2.45, 2.75) is 60.3 Å². The van der Waals surface area contributed by atoms with Gasteiger partial charge in [-0.25, -0.2) is 0 Å². The summed E-state index contributed by atoms with van der Waals surface area (Å²) >= 11 is 0. The van der Waals surface area contributed by atoms with Gasteiger partial charge in [0.05, 0.1) is 6.07 Å². The lowest BCUT2D eigenvalue weighted by molar-refractivity contribution is -0.131. The maximum absolute atomic E-state index is 12.2. The third-order valence-corrected chi connectivity index (χ3v) is 3.84. The molecule has 0 N–H and O–H groups in total. The van der Waals surface area contributed by atoms with Crippen LogP contribution < -0.4 is 0 Å². The lowest BCUT2D eigenvalue weighted by Gasteiger charge is -2.34. The molecule has 0 aliphatic heterocycles. The summed E-state index contributed by atoms with van der Waals surface area (Å²) in [4.78, 5) is 12.2. The number of carbonyl (C=O) groups excluding carboxylic acids is 1. The summed E-state index contributed by atoms with van der Waals surface area (Å²) < 4.78 is 0. The molecule has 0 aliphatic rings. The second-order valence-corrected chi connectivity index (χ2v) is 5.37. The van der Waals surface area contributed by atoms with Crippen LogP contribution in [0.4, 0.5) is 0 Å². The predicted octanol–water partition coefficient (Wildman–Crippen LogP) is 3.96. The van der Waals surface area contributed by atoms with Crippen molar-refractivity contribution in [3.63, 3.8) is 0 Å². The first kappa shape index (κ1) is 15.2. The molecule has 0 rings (SSSR count). The standard InChI is InChI=1S/C14H25NO/c1-6-12(4)10-14(5,11(2)3)13(16)8-7-9-15/h11-12H,6-8,10H2,1-5H3. The van der Waals surface area contributed by atoms with Gasteiger partial charge < -0.3 is 0 Å². The van der Waals surface area contributed by atoms with Crippen LogP contribution in [0, 0.1) is 28.6 Å². The molecule has 92 valence electrons. The molecular weight excluding hydrogens is 198 g/mol. The first-order chi connectivity index (χ1) is 7.38. The smallest absolute Gasteiger partial charge is 0.140 e. The summed E-state index contributed by atoms with van der Waals surface area (Å²) in [6.07, 6.45) is 2.79. The van der Waals surface area contributed by atoms with Gasteiger partial charge in [-0.05, 0) is 18.3 Å². The second-order valence-electron chi connectivity index (χ2n) is 5.37. The molecule has 0 aromatic rings. The van der Waals surface area contributed by atoms with Gasteiger partial charge in [0.1, 0.15) is 5.78 Å². The highest BCUT2D eigenvalue weighted by molar-refractivity contribution is 5.84. The zero-order valence-corrected chi connectivity index (χ0v) is 11.3. The fourth-order valence-corrected chi connectivity index (χ4v) is 1.99. The number of hydrogen-bond donors (Lipinski definition) is 0. The Morgan fingerprint density at radius 1 is 1.38 bits per heavy atom. The van der Waals surface area contributed by atoms with Crippen molar-refractivity contribution in [2.24, 2.45) is 17.3 Å². The molecule has 2 nitrogen and oxygen atoms in total. The largest absolute Gasteiger partial charge is 0.299 e. The highest BCUT2D eigenvalue weighted by Crippen LogP contribution is 2.37. The van der Waals surface area contributed by atoms with Crippen LogP contribution in [0.5, 0.6) is 0 Å². The van der Waals surface area contributed by atoms with E-state index in [1.807, 2.05) is 0 Å². The van der Waals surface area contributed by atoms with Gasteiger partial charge in [-0.15, -0.1) is 0 Å². The Hall–Kier alpha value is -0.840. The summed E-state index contributed by atoms with van der Waals surface area (Å²) in [5, 5.41) is 8.55. The Balaban J connectivity index is 4.69. The van der Waals surface area contributed by atoms with Crippen LogP contribution in [0.2, 0.25) is 0 Å². The minimum Gasteiger partial charge on any atom is -0.299 e. The Bertz CT molecular complexity index is 264. The molecule has 16 heavy (non-hydrogen) atoms. The maximum atomic E-state index is 12.2. The SMILES string of the molecule is CCC(C)CC(C)(C(=O)CCC#N)C(C)C. The van der Waals surface area contributed by atoms with Gasteiger partial charge in [-0.1, -0.05) is 41.0 Å². The van der Waals surface area contributed by atoms with Crippen LogP contribution in [0.1, 0.15) is 60.3 Å². The van der Waals surface area contributed by atoms with Crippen molar-refractivity contribution in [1.82, 2.24) is 0 Å². The van der Waals surface area contributed by atoms with Crippen LogP contribution in [0.15, 0.2) is 0 Å². The number of hydrogen-bond acceptors (Lipinski definition) is 2. The topological polar surface area (TPSA) is 40.9 Å². The molecule has 0 fully saturated rings. The summed E-state index contributed by atoms with van der Waals surface area (Å²) in [5.74, 6) is 1.16. The van der Waals surface area contributed by atoms with Crippen molar-refractivity contribution in [3.05, 3.63) is 0 Å². The molecule has 0 radical (unpaired) electrons. The van der Waals surface area contributed by atoms with E-state index in [1.54, 1.807) is 0 Å². The van der Waals surface area contributed by atoms with Crippen molar-refractivity contribution in [1.29, 1.82) is 5.26 Å². The lowest BCUT2D eigenvalue weighted by atomic mass is 9.68. The van der Waals surface area contributed by atoms with E-state index in [0.717, 1.165) is 12.8 Å². The molecule has 2 atom stereocenters. The van der Waals surface area contributed by atoms with Gasteiger partial charge in [0, 0.05) is 18.3 Å². The van der Waals surface area contributed by atoms with E-state index in [4.69, 9.17) is 5.26 Å². The number of nitrogens with zero attached hydrogens (tertiary/aromatic N) is 1. The Morgan fingerprint density at radius 2 is 1.94 bits per heavy atom. The van der Waals surface area contributed by atoms with E-state index in [1.165, 1.54) is 0 Å². The number of nitriles is 1. The predicted molar refractivity (Wildman–Crippen MR) is 66.9 cm³/mol. The van der Waals surface area contributed by atoms with E-state index in [9.17, 15) is 4.79 Å². The highest BCUT2D eigenvalue weighted by Gasteiger charge is 2.36. The Labute approximate surface area is 100 Å². The lowest BCUT2D eigenvalue weighted by Crippen LogP contribution is -2.35. The molecule has 0 saturated heterocycles. The third kappa shape index (κ3) is 3.96. The van der Waals surface area contributed by atoms with Crippen molar-refractivity contribution >= 4 is 5.78 Å². The Morgan fingerprint density at radius 3 is 2.31 bits per heavy atom. The van der Waals surface area contributed by atoms with Gasteiger partial charge in [0.15, 0.2) is 0 Å². The molecule has 0 bridgehead atoms. The van der Waals surface area contributed by atoms with E-state index >= 15 is 0 Å². The van der Waals surface area contributed by atoms with Crippen LogP contribution in [0.3, 0.4) is 0 Å². The normalized spacial score (nSPS) is 16.6. The zero-order valence-electron chi connectivity index (χ0n) is 11.3. The van der Waals surface area contributed by atoms with Crippen molar-refractivity contribution in [3.8, 4) is 6.07 Å². The molecule has 2 unspecified atom stereocenters. The molecule has 0 aromatic carbocycles. The molecule has 0 spiro atoms. The first-order valence-electron chi connectivity index (χ1n) is 6.28. The van der Waals surface area contributed by atoms with Crippen LogP contribution in [-0.4, -0.2) is 5.78 Å². The fraction of sp³-hybridized carbons (Fsp3) is 0.857. The summed E-state index contributed by atoms with van der Waals surface area (Å²) in [6.45, 7) is 10.6. The zero-order chi connectivity index (χ0) is 12.8. The van der Waals surface area contributed by atoms with Gasteiger partial charge >= 0.3 is 0 Å². The fourth-order valence-electron chi connectivity index (χ4n) is 1.99. The number of Topliss-reactive ketones (excluding diaryl/α,β-unsaturated/α-hetero) is 1. The third-order valence-electron chi connectivity index (χ3n) is 3.84. The van der Waals surface area contributed by atoms with E-state index < -0.39 is 0 Å². The average molecular weight is 223 g/mol. The summed E-state index contributed by atoms with van der Waals surface area (Å²) in [7, 11) is 0. The number of carbonyl (C=O) groups is 1. The monoisotopic (exact) mass is 223 g/mol. The van der Waals surface area contributed by atoms with Gasteiger partial charge in [-0.2, -0.15) is 5.26 Å². The van der Waals surface area contributed by atoms with E-state index in [-0.39, 0.29) is 11.2 Å². The van der Waals surface area contributed by atoms with Gasteiger partial charge in [0.2, 0.25) is 0 Å². The molecule has 0 aliphatic carbocycles. The van der Waals surface area contributed by atoms with Gasteiger partial charge in [-0.3, -0.25) is 4.79 Å². The molecular formula is C14H25NO. The molecule has 2 heteroatoms. The molecule has 0 amide bonds. The second kappa shape index (κ2) is 6.68. The Kier molecular flexibility index (Phi) is 6.33. The number of rotatable bonds is 7. The van der Waals surface area contributed by atoms with Crippen molar-refractivity contribution in [2.75, 3.05) is 0 Å². The summed E-state index contributed by atoms with van der Waals surface area (Å²) in [5.41, 5.74) is -0.258. The van der Waals surface area contributed by atoms with Gasteiger partial charge in [0.25, 0.3) is 0 Å². The van der Waals surface area contributed by atoms with Crippen LogP contribution in [0.25, 0.3) is 0 Å². The van der Waals surface area contributed by atoms with E-state index in [2.05, 4.69) is 40.7 Å². The van der Waals surface area contributed by atoms with Crippen LogP contribution in [-0.2, 0) is 4.79 Å². The maximum Gasteiger partial charge on any atom is 0.140 e. The molecule has 0 saturated carbocycles. The molecule has 0 heterocycles. The van der Waals surface area contributed by atoms with E-state index in [0.29, 0.717) is 24.7 Å². The highest BCUT2D eigenvalue weighted by atomic mass is 16.1. The molecule has 0 aromatic heterocycles.